The fourth-order valence-electron chi connectivity index (χ4n) is 5.01. The Morgan fingerprint density at radius 3 is 1.39 bits per heavy atom. The van der Waals surface area contributed by atoms with Crippen LogP contribution in [0, 0.1) is 0 Å². The number of imide groups is 4. The lowest BCUT2D eigenvalue weighted by atomic mass is 10.0. The monoisotopic (exact) mass is 630 g/mol. The first kappa shape index (κ1) is 30.8. The van der Waals surface area contributed by atoms with Gasteiger partial charge in [-0.05, 0) is 75.2 Å². The summed E-state index contributed by atoms with van der Waals surface area (Å²) in [5, 5.41) is 0. The number of nitrogens with zero attached hydrogens (tertiary/aromatic N) is 4. The van der Waals surface area contributed by atoms with Crippen LogP contribution in [0.5, 0.6) is 0 Å². The second-order valence-corrected chi connectivity index (χ2v) is 12.1. The van der Waals surface area contributed by atoms with Gasteiger partial charge in [-0.25, -0.2) is 9.59 Å². The van der Waals surface area contributed by atoms with Crippen molar-refractivity contribution in [2.45, 2.75) is 27.7 Å². The number of thiophene rings is 2. The number of hydrogen-bond donors (Lipinski definition) is 0. The van der Waals surface area contributed by atoms with Crippen LogP contribution in [0.4, 0.5) is 9.59 Å². The van der Waals surface area contributed by atoms with E-state index in [4.69, 9.17) is 0 Å². The van der Waals surface area contributed by atoms with Crippen molar-refractivity contribution < 1.29 is 28.8 Å². The van der Waals surface area contributed by atoms with Crippen molar-refractivity contribution in [3.8, 4) is 20.2 Å². The first-order chi connectivity index (χ1) is 21.1. The number of urea groups is 2. The van der Waals surface area contributed by atoms with Crippen molar-refractivity contribution in [1.29, 1.82) is 0 Å². The molecular formula is C32H30N4O6S2. The van der Waals surface area contributed by atoms with Gasteiger partial charge in [-0.15, -0.1) is 22.7 Å². The predicted molar refractivity (Wildman–Crippen MR) is 169 cm³/mol. The van der Waals surface area contributed by atoms with Crippen LogP contribution in [-0.4, -0.2) is 81.5 Å². The standard InChI is InChI=1S/C32H30N4O6S2/c1-5-33-27(37)22(28(38)34(6-2)31(33)41)17-19-9-11-20(12-10-19)24-15-16-26(44-24)25-14-13-21(43-25)18-23-29(39)35(7-3)32(42)36(8-4)30(23)40/h9-18H,5-8H2,1-4H3. The van der Waals surface area contributed by atoms with Crippen LogP contribution >= 0.6 is 22.7 Å². The van der Waals surface area contributed by atoms with E-state index in [-0.39, 0.29) is 37.3 Å². The molecule has 2 aliphatic heterocycles. The van der Waals surface area contributed by atoms with Crippen molar-refractivity contribution in [2.75, 3.05) is 26.2 Å². The Morgan fingerprint density at radius 2 is 0.909 bits per heavy atom. The summed E-state index contributed by atoms with van der Waals surface area (Å²) in [6.45, 7) is 7.48. The highest BCUT2D eigenvalue weighted by Gasteiger charge is 2.41. The number of rotatable bonds is 8. The second kappa shape index (κ2) is 12.5. The maximum absolute atomic E-state index is 12.9. The van der Waals surface area contributed by atoms with Crippen LogP contribution in [0.1, 0.15) is 38.1 Å². The molecule has 0 radical (unpaired) electrons. The normalized spacial score (nSPS) is 16.1. The predicted octanol–water partition coefficient (Wildman–Crippen LogP) is 5.57. The summed E-state index contributed by atoms with van der Waals surface area (Å²) in [6, 6.07) is 14.0. The molecule has 2 aliphatic rings. The molecule has 226 valence electrons. The Morgan fingerprint density at radius 1 is 0.500 bits per heavy atom. The fourth-order valence-corrected chi connectivity index (χ4v) is 7.06. The Balaban J connectivity index is 1.35. The third-order valence-electron chi connectivity index (χ3n) is 7.36. The van der Waals surface area contributed by atoms with Gasteiger partial charge in [0, 0.05) is 45.7 Å². The van der Waals surface area contributed by atoms with E-state index in [1.54, 1.807) is 45.1 Å². The van der Waals surface area contributed by atoms with Gasteiger partial charge in [0.2, 0.25) is 0 Å². The molecule has 0 atom stereocenters. The van der Waals surface area contributed by atoms with Gasteiger partial charge >= 0.3 is 12.1 Å². The van der Waals surface area contributed by atoms with E-state index >= 15 is 0 Å². The summed E-state index contributed by atoms with van der Waals surface area (Å²) in [5.41, 5.74) is 1.54. The van der Waals surface area contributed by atoms with Crippen LogP contribution in [0.2, 0.25) is 0 Å². The summed E-state index contributed by atoms with van der Waals surface area (Å²) >= 11 is 3.02. The second-order valence-electron chi connectivity index (χ2n) is 9.87. The number of benzene rings is 1. The number of likely N-dealkylation sites (N-methyl/N-ethyl adjacent to an activating group) is 4. The van der Waals surface area contributed by atoms with Gasteiger partial charge in [0.05, 0.1) is 0 Å². The van der Waals surface area contributed by atoms with Crippen molar-refractivity contribution in [3.05, 3.63) is 70.1 Å². The summed E-state index contributed by atoms with van der Waals surface area (Å²) in [6.07, 6.45) is 3.07. The lowest BCUT2D eigenvalue weighted by Crippen LogP contribution is -2.56. The molecule has 44 heavy (non-hydrogen) atoms. The van der Waals surface area contributed by atoms with Crippen LogP contribution in [0.25, 0.3) is 32.3 Å². The van der Waals surface area contributed by atoms with Crippen LogP contribution in [-0.2, 0) is 19.2 Å². The maximum Gasteiger partial charge on any atom is 0.333 e. The van der Waals surface area contributed by atoms with E-state index in [2.05, 4.69) is 0 Å². The summed E-state index contributed by atoms with van der Waals surface area (Å²) < 4.78 is 0. The molecule has 0 aliphatic carbocycles. The smallest absolute Gasteiger partial charge is 0.268 e. The van der Waals surface area contributed by atoms with Gasteiger partial charge in [0.15, 0.2) is 0 Å². The van der Waals surface area contributed by atoms with Crippen LogP contribution < -0.4 is 0 Å². The first-order valence-electron chi connectivity index (χ1n) is 14.2. The Labute approximate surface area is 262 Å². The third-order valence-corrected chi connectivity index (χ3v) is 9.72. The van der Waals surface area contributed by atoms with Gasteiger partial charge in [0.25, 0.3) is 23.6 Å². The van der Waals surface area contributed by atoms with Gasteiger partial charge in [-0.3, -0.25) is 38.8 Å². The average molecular weight is 631 g/mol. The van der Waals surface area contributed by atoms with E-state index in [9.17, 15) is 28.8 Å². The molecule has 5 rings (SSSR count). The van der Waals surface area contributed by atoms with Crippen molar-refractivity contribution in [2.24, 2.45) is 0 Å². The fraction of sp³-hybridized carbons (Fsp3) is 0.250. The van der Waals surface area contributed by atoms with E-state index in [1.807, 2.05) is 48.5 Å². The molecule has 3 aromatic rings. The minimum absolute atomic E-state index is 0.0309. The molecular weight excluding hydrogens is 601 g/mol. The van der Waals surface area contributed by atoms with E-state index in [0.29, 0.717) is 5.56 Å². The highest BCUT2D eigenvalue weighted by atomic mass is 32.1. The molecule has 0 N–H and O–H groups in total. The zero-order valence-electron chi connectivity index (χ0n) is 24.7. The number of carbonyl (C=O) groups excluding carboxylic acids is 6. The molecule has 0 saturated carbocycles. The van der Waals surface area contributed by atoms with Crippen molar-refractivity contribution in [3.63, 3.8) is 0 Å². The molecule has 2 saturated heterocycles. The first-order valence-corrected chi connectivity index (χ1v) is 15.9. The van der Waals surface area contributed by atoms with E-state index in [0.717, 1.165) is 44.7 Å². The molecule has 0 bridgehead atoms. The molecule has 8 amide bonds. The Hall–Kier alpha value is -4.68. The molecule has 1 aromatic carbocycles. The Bertz CT molecular complexity index is 1690. The SMILES string of the molecule is CCN1C(=O)C(=Cc2ccc(-c3ccc(-c4ccc(C=C5C(=O)N(CC)C(=O)N(CC)C5=O)s4)s3)cc2)C(=O)N(CC)C1=O. The van der Waals surface area contributed by atoms with Crippen molar-refractivity contribution >= 4 is 70.5 Å². The van der Waals surface area contributed by atoms with Crippen LogP contribution in [0.15, 0.2) is 59.7 Å². The van der Waals surface area contributed by atoms with E-state index < -0.39 is 35.7 Å². The van der Waals surface area contributed by atoms with E-state index in [1.165, 1.54) is 17.4 Å². The highest BCUT2D eigenvalue weighted by molar-refractivity contribution is 7.24. The average Bonchev–Trinajstić information content (AvgIpc) is 3.69. The summed E-state index contributed by atoms with van der Waals surface area (Å²) in [5.74, 6) is -2.37. The molecule has 4 heterocycles. The molecule has 0 spiro atoms. The van der Waals surface area contributed by atoms with Gasteiger partial charge in [-0.1, -0.05) is 24.3 Å². The quantitative estimate of drug-likeness (QED) is 0.237. The minimum Gasteiger partial charge on any atom is -0.268 e. The number of amides is 8. The summed E-state index contributed by atoms with van der Waals surface area (Å²) in [7, 11) is 0. The maximum atomic E-state index is 12.9. The third kappa shape index (κ3) is 5.42. The van der Waals surface area contributed by atoms with Crippen molar-refractivity contribution in [1.82, 2.24) is 19.6 Å². The van der Waals surface area contributed by atoms with Gasteiger partial charge < -0.3 is 0 Å². The number of carbonyl (C=O) groups is 6. The minimum atomic E-state index is -0.598. The number of barbiturate groups is 2. The van der Waals surface area contributed by atoms with Gasteiger partial charge in [0.1, 0.15) is 11.1 Å². The number of hydrogen-bond acceptors (Lipinski definition) is 8. The molecule has 10 nitrogen and oxygen atoms in total. The lowest BCUT2D eigenvalue weighted by Gasteiger charge is -2.32. The summed E-state index contributed by atoms with van der Waals surface area (Å²) in [4.78, 5) is 84.2. The molecule has 12 heteroatoms. The lowest BCUT2D eigenvalue weighted by molar-refractivity contribution is -0.137. The van der Waals surface area contributed by atoms with Gasteiger partial charge in [-0.2, -0.15) is 0 Å². The molecule has 0 unspecified atom stereocenters. The topological polar surface area (TPSA) is 115 Å². The molecule has 2 aromatic heterocycles. The zero-order chi connectivity index (χ0) is 31.7. The van der Waals surface area contributed by atoms with Crippen LogP contribution in [0.3, 0.4) is 0 Å². The zero-order valence-corrected chi connectivity index (χ0v) is 26.3. The Kier molecular flexibility index (Phi) is 8.75. The largest absolute Gasteiger partial charge is 0.333 e. The molecule has 2 fully saturated rings. The highest BCUT2D eigenvalue weighted by Crippen LogP contribution is 2.38.